The van der Waals surface area contributed by atoms with Crippen LogP contribution in [0.25, 0.3) is 0 Å². The SMILES string of the molecule is CC.CC.CC(C)=NNc1ccc(C(N)=O)cn1. The van der Waals surface area contributed by atoms with Gasteiger partial charge in [-0.25, -0.2) is 4.98 Å². The smallest absolute Gasteiger partial charge is 0.250 e. The molecule has 0 aliphatic rings. The molecule has 0 saturated carbocycles. The number of rotatable bonds is 3. The van der Waals surface area contributed by atoms with Crippen molar-refractivity contribution < 1.29 is 4.79 Å². The van der Waals surface area contributed by atoms with Gasteiger partial charge in [-0.05, 0) is 26.0 Å². The number of hydrogen-bond donors (Lipinski definition) is 2. The number of primary amides is 1. The third-order valence-corrected chi connectivity index (χ3v) is 1.44. The number of anilines is 1. The molecule has 0 spiro atoms. The third kappa shape index (κ3) is 8.27. The number of nitrogens with one attached hydrogen (secondary N) is 1. The monoisotopic (exact) mass is 252 g/mol. The number of aromatic nitrogens is 1. The van der Waals surface area contributed by atoms with E-state index in [0.717, 1.165) is 5.71 Å². The highest BCUT2D eigenvalue weighted by molar-refractivity contribution is 5.92. The molecule has 0 atom stereocenters. The van der Waals surface area contributed by atoms with Crippen LogP contribution in [0.1, 0.15) is 51.9 Å². The summed E-state index contributed by atoms with van der Waals surface area (Å²) in [5.74, 6) is 0.0930. The first-order chi connectivity index (χ1) is 8.59. The predicted octanol–water partition coefficient (Wildman–Crippen LogP) is 3.04. The molecule has 0 radical (unpaired) electrons. The lowest BCUT2D eigenvalue weighted by atomic mass is 10.3. The van der Waals surface area contributed by atoms with Crippen LogP contribution >= 0.6 is 0 Å². The second-order valence-electron chi connectivity index (χ2n) is 2.97. The van der Waals surface area contributed by atoms with E-state index in [4.69, 9.17) is 5.73 Å². The summed E-state index contributed by atoms with van der Waals surface area (Å²) in [6, 6.07) is 3.24. The van der Waals surface area contributed by atoms with Crippen molar-refractivity contribution in [3.8, 4) is 0 Å². The van der Waals surface area contributed by atoms with E-state index in [0.29, 0.717) is 11.4 Å². The fraction of sp³-hybridized carbons (Fsp3) is 0.462. The van der Waals surface area contributed by atoms with E-state index < -0.39 is 5.91 Å². The molecule has 5 nitrogen and oxygen atoms in total. The second kappa shape index (κ2) is 11.6. The lowest BCUT2D eigenvalue weighted by Gasteiger charge is -2.00. The molecule has 0 fully saturated rings. The molecule has 3 N–H and O–H groups in total. The van der Waals surface area contributed by atoms with Crippen molar-refractivity contribution in [1.29, 1.82) is 0 Å². The molecule has 5 heteroatoms. The largest absolute Gasteiger partial charge is 0.366 e. The Hall–Kier alpha value is -1.91. The van der Waals surface area contributed by atoms with E-state index in [1.165, 1.54) is 6.20 Å². The van der Waals surface area contributed by atoms with Gasteiger partial charge in [-0.2, -0.15) is 5.10 Å². The van der Waals surface area contributed by atoms with Gasteiger partial charge in [-0.3, -0.25) is 10.2 Å². The Balaban J connectivity index is 0. The molecule has 1 rings (SSSR count). The molecule has 1 heterocycles. The molecule has 1 amide bonds. The summed E-state index contributed by atoms with van der Waals surface area (Å²) in [5, 5.41) is 3.96. The van der Waals surface area contributed by atoms with E-state index in [-0.39, 0.29) is 0 Å². The summed E-state index contributed by atoms with van der Waals surface area (Å²) in [5.41, 5.74) is 9.07. The molecule has 0 saturated heterocycles. The van der Waals surface area contributed by atoms with Gasteiger partial charge in [0.15, 0.2) is 0 Å². The minimum atomic E-state index is -0.487. The fourth-order valence-electron chi connectivity index (χ4n) is 0.775. The van der Waals surface area contributed by atoms with E-state index >= 15 is 0 Å². The second-order valence-corrected chi connectivity index (χ2v) is 2.97. The van der Waals surface area contributed by atoms with E-state index in [1.54, 1.807) is 12.1 Å². The zero-order valence-electron chi connectivity index (χ0n) is 12.1. The van der Waals surface area contributed by atoms with Gasteiger partial charge in [0.25, 0.3) is 0 Å². The Bertz CT molecular complexity index is 354. The number of nitrogens with zero attached hydrogens (tertiary/aromatic N) is 2. The van der Waals surface area contributed by atoms with E-state index in [9.17, 15) is 4.79 Å². The standard InChI is InChI=1S/C9H12N4O.2C2H6/c1-6(2)12-13-8-4-3-7(5-11-8)9(10)14;2*1-2/h3-5H,1-2H3,(H2,10,14)(H,11,13);2*1-2H3. The number of pyridine rings is 1. The Kier molecular flexibility index (Phi) is 11.9. The van der Waals surface area contributed by atoms with Crippen molar-refractivity contribution in [3.63, 3.8) is 0 Å². The Morgan fingerprint density at radius 3 is 2.11 bits per heavy atom. The number of hydrazone groups is 1. The van der Waals surface area contributed by atoms with Crippen LogP contribution in [-0.4, -0.2) is 16.6 Å². The van der Waals surface area contributed by atoms with Gasteiger partial charge in [0.2, 0.25) is 5.91 Å². The molecule has 18 heavy (non-hydrogen) atoms. The molecular weight excluding hydrogens is 228 g/mol. The molecule has 1 aromatic rings. The van der Waals surface area contributed by atoms with Gasteiger partial charge >= 0.3 is 0 Å². The van der Waals surface area contributed by atoms with Gasteiger partial charge in [0.1, 0.15) is 5.82 Å². The van der Waals surface area contributed by atoms with Crippen molar-refractivity contribution in [2.75, 3.05) is 5.43 Å². The molecule has 0 aliphatic carbocycles. The van der Waals surface area contributed by atoms with Crippen LogP contribution in [0.5, 0.6) is 0 Å². The minimum Gasteiger partial charge on any atom is -0.366 e. The Labute approximate surface area is 109 Å². The average Bonchev–Trinajstić information content (AvgIpc) is 2.41. The van der Waals surface area contributed by atoms with E-state index in [1.807, 2.05) is 41.5 Å². The summed E-state index contributed by atoms with van der Waals surface area (Å²) >= 11 is 0. The maximum Gasteiger partial charge on any atom is 0.250 e. The van der Waals surface area contributed by atoms with Crippen molar-refractivity contribution >= 4 is 17.4 Å². The lowest BCUT2D eigenvalue weighted by molar-refractivity contribution is 0.1000. The summed E-state index contributed by atoms with van der Waals surface area (Å²) in [7, 11) is 0. The quantitative estimate of drug-likeness (QED) is 0.641. The molecular formula is C13H24N4O. The molecule has 0 unspecified atom stereocenters. The van der Waals surface area contributed by atoms with Crippen molar-refractivity contribution in [2.45, 2.75) is 41.5 Å². The first kappa shape index (κ1) is 18.5. The summed E-state index contributed by atoms with van der Waals surface area (Å²) in [6.07, 6.45) is 1.41. The highest BCUT2D eigenvalue weighted by Crippen LogP contribution is 2.04. The fourth-order valence-corrected chi connectivity index (χ4v) is 0.775. The normalized spacial score (nSPS) is 7.89. The summed E-state index contributed by atoms with van der Waals surface area (Å²) in [6.45, 7) is 11.7. The zero-order chi connectivity index (χ0) is 14.6. The maximum absolute atomic E-state index is 10.7. The first-order valence-corrected chi connectivity index (χ1v) is 6.12. The van der Waals surface area contributed by atoms with Crippen LogP contribution in [-0.2, 0) is 0 Å². The number of nitrogens with two attached hydrogens (primary N) is 1. The van der Waals surface area contributed by atoms with Gasteiger partial charge in [0, 0.05) is 11.9 Å². The molecule has 0 bridgehead atoms. The van der Waals surface area contributed by atoms with E-state index in [2.05, 4.69) is 15.5 Å². The highest BCUT2D eigenvalue weighted by Gasteiger charge is 1.99. The predicted molar refractivity (Wildman–Crippen MR) is 77.9 cm³/mol. The van der Waals surface area contributed by atoms with Gasteiger partial charge in [-0.15, -0.1) is 0 Å². The third-order valence-electron chi connectivity index (χ3n) is 1.44. The number of carbonyl (C=O) groups is 1. The van der Waals surface area contributed by atoms with Crippen LogP contribution in [0.2, 0.25) is 0 Å². The average molecular weight is 252 g/mol. The molecule has 0 aromatic carbocycles. The number of amides is 1. The lowest BCUT2D eigenvalue weighted by Crippen LogP contribution is -2.11. The summed E-state index contributed by atoms with van der Waals surface area (Å²) in [4.78, 5) is 14.7. The highest BCUT2D eigenvalue weighted by atomic mass is 16.1. The maximum atomic E-state index is 10.7. The van der Waals surface area contributed by atoms with Crippen LogP contribution in [0.3, 0.4) is 0 Å². The topological polar surface area (TPSA) is 80.4 Å². The molecule has 1 aromatic heterocycles. The first-order valence-electron chi connectivity index (χ1n) is 6.12. The van der Waals surface area contributed by atoms with Gasteiger partial charge in [0.05, 0.1) is 5.56 Å². The number of carbonyl (C=O) groups excluding carboxylic acids is 1. The van der Waals surface area contributed by atoms with Crippen molar-refractivity contribution in [3.05, 3.63) is 23.9 Å². The van der Waals surface area contributed by atoms with Gasteiger partial charge < -0.3 is 5.73 Å². The minimum absolute atomic E-state index is 0.382. The van der Waals surface area contributed by atoms with Gasteiger partial charge in [-0.1, -0.05) is 27.7 Å². The van der Waals surface area contributed by atoms with Crippen LogP contribution in [0.15, 0.2) is 23.4 Å². The van der Waals surface area contributed by atoms with Crippen LogP contribution in [0, 0.1) is 0 Å². The zero-order valence-corrected chi connectivity index (χ0v) is 12.1. The molecule has 102 valence electrons. The van der Waals surface area contributed by atoms with Crippen LogP contribution in [0.4, 0.5) is 5.82 Å². The Morgan fingerprint density at radius 2 is 1.78 bits per heavy atom. The Morgan fingerprint density at radius 1 is 1.22 bits per heavy atom. The number of hydrogen-bond acceptors (Lipinski definition) is 4. The summed E-state index contributed by atoms with van der Waals surface area (Å²) < 4.78 is 0. The molecule has 0 aliphatic heterocycles. The van der Waals surface area contributed by atoms with Crippen molar-refractivity contribution in [1.82, 2.24) is 4.98 Å². The van der Waals surface area contributed by atoms with Crippen molar-refractivity contribution in [2.24, 2.45) is 10.8 Å². The van der Waals surface area contributed by atoms with Crippen LogP contribution < -0.4 is 11.2 Å².